The molecule has 0 saturated heterocycles. The van der Waals surface area contributed by atoms with Gasteiger partial charge in [0.05, 0.1) is 17.5 Å². The second-order valence-electron chi connectivity index (χ2n) is 4.78. The molecule has 0 atom stereocenters. The van der Waals surface area contributed by atoms with Gasteiger partial charge in [0.25, 0.3) is 0 Å². The highest BCUT2D eigenvalue weighted by Gasteiger charge is 2.12. The predicted octanol–water partition coefficient (Wildman–Crippen LogP) is 2.32. The number of imidazole rings is 1. The van der Waals surface area contributed by atoms with E-state index in [0.29, 0.717) is 16.6 Å². The third-order valence-electron chi connectivity index (χ3n) is 3.17. The Morgan fingerprint density at radius 1 is 1.05 bits per heavy atom. The van der Waals surface area contributed by atoms with E-state index >= 15 is 0 Å². The first-order valence-electron chi connectivity index (χ1n) is 6.48. The van der Waals surface area contributed by atoms with Crippen molar-refractivity contribution in [1.82, 2.24) is 9.97 Å². The van der Waals surface area contributed by atoms with Crippen LogP contribution in [-0.2, 0) is 11.2 Å². The van der Waals surface area contributed by atoms with Crippen LogP contribution in [0.3, 0.4) is 0 Å². The van der Waals surface area contributed by atoms with Crippen LogP contribution in [0.2, 0.25) is 0 Å². The van der Waals surface area contributed by atoms with Crippen LogP contribution in [0.1, 0.15) is 5.56 Å². The lowest BCUT2D eigenvalue weighted by molar-refractivity contribution is -0.115. The summed E-state index contributed by atoms with van der Waals surface area (Å²) in [6.07, 6.45) is -0.0725. The van der Waals surface area contributed by atoms with E-state index in [1.54, 1.807) is 18.2 Å². The second kappa shape index (κ2) is 5.44. The van der Waals surface area contributed by atoms with E-state index in [1.807, 2.05) is 0 Å². The number of amides is 1. The summed E-state index contributed by atoms with van der Waals surface area (Å²) in [4.78, 5) is 28.2. The largest absolute Gasteiger partial charge is 0.323 e. The monoisotopic (exact) mass is 303 g/mol. The molecule has 1 amide bonds. The van der Waals surface area contributed by atoms with Crippen molar-refractivity contribution in [3.63, 3.8) is 0 Å². The van der Waals surface area contributed by atoms with Gasteiger partial charge < -0.3 is 15.3 Å². The highest BCUT2D eigenvalue weighted by molar-refractivity contribution is 5.93. The lowest BCUT2D eigenvalue weighted by atomic mass is 10.1. The summed E-state index contributed by atoms with van der Waals surface area (Å²) < 4.78 is 26.9. The van der Waals surface area contributed by atoms with Crippen LogP contribution in [-0.4, -0.2) is 15.9 Å². The van der Waals surface area contributed by atoms with E-state index in [9.17, 15) is 18.4 Å². The molecule has 0 fully saturated rings. The third-order valence-corrected chi connectivity index (χ3v) is 3.17. The zero-order valence-corrected chi connectivity index (χ0v) is 11.2. The number of hydrogen-bond acceptors (Lipinski definition) is 2. The molecule has 22 heavy (non-hydrogen) atoms. The Hall–Kier alpha value is -2.96. The van der Waals surface area contributed by atoms with Gasteiger partial charge in [-0.1, -0.05) is 12.1 Å². The Labute approximate surface area is 123 Å². The van der Waals surface area contributed by atoms with Gasteiger partial charge in [0.15, 0.2) is 0 Å². The molecule has 0 bridgehead atoms. The molecular formula is C15H11F2N3O2. The van der Waals surface area contributed by atoms with Crippen LogP contribution in [0.25, 0.3) is 11.0 Å². The maximum absolute atomic E-state index is 13.5. The topological polar surface area (TPSA) is 77.8 Å². The molecule has 0 aliphatic carbocycles. The minimum atomic E-state index is -0.834. The number of carbonyl (C=O) groups excluding carboxylic acids is 1. The number of aromatic nitrogens is 2. The maximum Gasteiger partial charge on any atom is 0.323 e. The predicted molar refractivity (Wildman–Crippen MR) is 77.6 cm³/mol. The molecule has 0 radical (unpaired) electrons. The fraction of sp³-hybridized carbons (Fsp3) is 0.0667. The smallest absolute Gasteiger partial charge is 0.321 e. The molecule has 3 rings (SSSR count). The molecule has 0 aliphatic heterocycles. The molecule has 0 aliphatic rings. The third kappa shape index (κ3) is 2.73. The van der Waals surface area contributed by atoms with E-state index in [4.69, 9.17) is 0 Å². The number of aromatic amines is 2. The van der Waals surface area contributed by atoms with Crippen molar-refractivity contribution in [2.24, 2.45) is 0 Å². The minimum absolute atomic E-state index is 0.0725. The summed E-state index contributed by atoms with van der Waals surface area (Å²) in [5, 5.41) is 2.21. The molecule has 0 unspecified atom stereocenters. The van der Waals surface area contributed by atoms with Gasteiger partial charge in [-0.05, 0) is 29.8 Å². The van der Waals surface area contributed by atoms with E-state index in [2.05, 4.69) is 15.3 Å². The average molecular weight is 303 g/mol. The summed E-state index contributed by atoms with van der Waals surface area (Å²) in [7, 11) is 0. The first kappa shape index (κ1) is 14.0. The fourth-order valence-electron chi connectivity index (χ4n) is 2.18. The number of H-pyrrole nitrogens is 2. The molecule has 3 N–H and O–H groups in total. The Balaban J connectivity index is 1.79. The standard InChI is InChI=1S/C15H11F2N3O2/c16-9-2-1-3-10(17)14(9)20-13(21)7-8-4-5-11-12(6-8)19-15(22)18-11/h1-6H,7H2,(H,20,21)(H2,18,19,22). The number of anilines is 1. The van der Waals surface area contributed by atoms with Crippen molar-refractivity contribution >= 4 is 22.6 Å². The van der Waals surface area contributed by atoms with Crippen LogP contribution < -0.4 is 11.0 Å². The highest BCUT2D eigenvalue weighted by atomic mass is 19.1. The molecule has 5 nitrogen and oxygen atoms in total. The van der Waals surface area contributed by atoms with Crippen LogP contribution in [0.5, 0.6) is 0 Å². The zero-order chi connectivity index (χ0) is 15.7. The van der Waals surface area contributed by atoms with Crippen LogP contribution >= 0.6 is 0 Å². The van der Waals surface area contributed by atoms with Crippen molar-refractivity contribution < 1.29 is 13.6 Å². The first-order valence-corrected chi connectivity index (χ1v) is 6.48. The molecule has 0 saturated carbocycles. The van der Waals surface area contributed by atoms with Gasteiger partial charge in [0.2, 0.25) is 5.91 Å². The van der Waals surface area contributed by atoms with E-state index in [0.717, 1.165) is 12.1 Å². The second-order valence-corrected chi connectivity index (χ2v) is 4.78. The van der Waals surface area contributed by atoms with E-state index in [-0.39, 0.29) is 12.1 Å². The van der Waals surface area contributed by atoms with Crippen molar-refractivity contribution in [1.29, 1.82) is 0 Å². The summed E-state index contributed by atoms with van der Waals surface area (Å²) in [5.41, 5.74) is 0.979. The van der Waals surface area contributed by atoms with Gasteiger partial charge in [-0.25, -0.2) is 13.6 Å². The zero-order valence-electron chi connectivity index (χ0n) is 11.2. The van der Waals surface area contributed by atoms with Gasteiger partial charge in [-0.2, -0.15) is 0 Å². The van der Waals surface area contributed by atoms with Crippen molar-refractivity contribution in [3.8, 4) is 0 Å². The Morgan fingerprint density at radius 3 is 2.45 bits per heavy atom. The lowest BCUT2D eigenvalue weighted by Crippen LogP contribution is -2.16. The summed E-state index contributed by atoms with van der Waals surface area (Å²) in [6, 6.07) is 8.29. The number of nitrogens with one attached hydrogen (secondary N) is 3. The van der Waals surface area contributed by atoms with Gasteiger partial charge in [-0.15, -0.1) is 0 Å². The van der Waals surface area contributed by atoms with Crippen molar-refractivity contribution in [2.75, 3.05) is 5.32 Å². The van der Waals surface area contributed by atoms with E-state index in [1.165, 1.54) is 6.07 Å². The first-order chi connectivity index (χ1) is 10.5. The SMILES string of the molecule is O=C(Cc1ccc2[nH]c(=O)[nH]c2c1)Nc1c(F)cccc1F. The summed E-state index contributed by atoms with van der Waals surface area (Å²) >= 11 is 0. The lowest BCUT2D eigenvalue weighted by Gasteiger charge is -2.07. The Kier molecular flexibility index (Phi) is 3.46. The van der Waals surface area contributed by atoms with Crippen LogP contribution in [0.15, 0.2) is 41.2 Å². The molecule has 1 heterocycles. The molecular weight excluding hydrogens is 292 g/mol. The number of hydrogen-bond donors (Lipinski definition) is 3. The van der Waals surface area contributed by atoms with Gasteiger partial charge in [0.1, 0.15) is 17.3 Å². The molecule has 112 valence electrons. The number of benzene rings is 2. The fourth-order valence-corrected chi connectivity index (χ4v) is 2.18. The van der Waals surface area contributed by atoms with Gasteiger partial charge >= 0.3 is 5.69 Å². The van der Waals surface area contributed by atoms with Crippen molar-refractivity contribution in [3.05, 3.63) is 64.1 Å². The number of halogens is 2. The number of carbonyl (C=O) groups is 1. The Bertz CT molecular complexity index is 894. The normalized spacial score (nSPS) is 10.8. The van der Waals surface area contributed by atoms with E-state index < -0.39 is 23.2 Å². The van der Waals surface area contributed by atoms with Gasteiger partial charge in [-0.3, -0.25) is 4.79 Å². The summed E-state index contributed by atoms with van der Waals surface area (Å²) in [6.45, 7) is 0. The quantitative estimate of drug-likeness (QED) is 0.694. The maximum atomic E-state index is 13.5. The molecule has 3 aromatic rings. The minimum Gasteiger partial charge on any atom is -0.321 e. The Morgan fingerprint density at radius 2 is 1.73 bits per heavy atom. The number of para-hydroxylation sites is 1. The van der Waals surface area contributed by atoms with Crippen molar-refractivity contribution in [2.45, 2.75) is 6.42 Å². The molecule has 7 heteroatoms. The number of fused-ring (bicyclic) bond motifs is 1. The molecule has 1 aromatic heterocycles. The van der Waals surface area contributed by atoms with Crippen LogP contribution in [0.4, 0.5) is 14.5 Å². The molecule has 0 spiro atoms. The average Bonchev–Trinajstić information content (AvgIpc) is 2.82. The van der Waals surface area contributed by atoms with Crippen LogP contribution in [0, 0.1) is 11.6 Å². The highest BCUT2D eigenvalue weighted by Crippen LogP contribution is 2.18. The summed E-state index contributed by atoms with van der Waals surface area (Å²) in [5.74, 6) is -2.22. The molecule has 2 aromatic carbocycles. The van der Waals surface area contributed by atoms with Gasteiger partial charge in [0, 0.05) is 0 Å². The number of rotatable bonds is 3.